The first-order valence-corrected chi connectivity index (χ1v) is 7.75. The van der Waals surface area contributed by atoms with Gasteiger partial charge in [-0.25, -0.2) is 22.5 Å². The van der Waals surface area contributed by atoms with E-state index in [1.165, 1.54) is 24.3 Å². The van der Waals surface area contributed by atoms with E-state index in [1.807, 2.05) is 0 Å². The van der Waals surface area contributed by atoms with Gasteiger partial charge >= 0.3 is 0 Å². The number of hydrogen-bond donors (Lipinski definition) is 2. The summed E-state index contributed by atoms with van der Waals surface area (Å²) in [6.07, 6.45) is 0. The quantitative estimate of drug-likeness (QED) is 0.841. The van der Waals surface area contributed by atoms with Crippen LogP contribution in [-0.4, -0.2) is 13.4 Å². The second kappa shape index (κ2) is 5.24. The molecule has 0 atom stereocenters. The number of benzene rings is 1. The predicted molar refractivity (Wildman–Crippen MR) is 71.7 cm³/mol. The minimum Gasteiger partial charge on any atom is -0.399 e. The Morgan fingerprint density at radius 2 is 2.21 bits per heavy atom. The lowest BCUT2D eigenvalue weighted by molar-refractivity contribution is 0.552. The molecule has 5 nitrogen and oxygen atoms in total. The highest BCUT2D eigenvalue weighted by Crippen LogP contribution is 2.21. The molecule has 2 rings (SSSR count). The Bertz CT molecular complexity index is 684. The average molecular weight is 301 g/mol. The van der Waals surface area contributed by atoms with Gasteiger partial charge in [0.2, 0.25) is 10.0 Å². The Hall–Kier alpha value is -1.51. The summed E-state index contributed by atoms with van der Waals surface area (Å²) in [6, 6.07) is 2.49. The van der Waals surface area contributed by atoms with Crippen molar-refractivity contribution in [2.45, 2.75) is 18.4 Å². The smallest absolute Gasteiger partial charge is 0.243 e. The van der Waals surface area contributed by atoms with E-state index in [4.69, 9.17) is 5.73 Å². The predicted octanol–water partition coefficient (Wildman–Crippen LogP) is 1.65. The number of anilines is 1. The third-order valence-corrected chi connectivity index (χ3v) is 4.50. The zero-order valence-electron chi connectivity index (χ0n) is 10.1. The number of nitrogen functional groups attached to an aromatic ring is 1. The SMILES string of the molecule is Cc1cc(N)cc(S(=O)(=O)NCc2cscn2)c1F. The Kier molecular flexibility index (Phi) is 3.83. The van der Waals surface area contributed by atoms with E-state index in [0.717, 1.165) is 6.07 Å². The molecule has 0 saturated carbocycles. The van der Waals surface area contributed by atoms with Crippen LogP contribution in [0, 0.1) is 12.7 Å². The molecule has 0 spiro atoms. The lowest BCUT2D eigenvalue weighted by Crippen LogP contribution is -2.24. The van der Waals surface area contributed by atoms with E-state index < -0.39 is 20.7 Å². The van der Waals surface area contributed by atoms with Crippen LogP contribution in [0.2, 0.25) is 0 Å². The minimum absolute atomic E-state index is 0.0130. The number of aryl methyl sites for hydroxylation is 1. The molecule has 0 amide bonds. The number of nitrogens with zero attached hydrogens (tertiary/aromatic N) is 1. The van der Waals surface area contributed by atoms with Crippen LogP contribution < -0.4 is 10.5 Å². The third-order valence-electron chi connectivity index (χ3n) is 2.46. The Balaban J connectivity index is 2.29. The second-order valence-electron chi connectivity index (χ2n) is 3.95. The minimum atomic E-state index is -3.95. The zero-order valence-corrected chi connectivity index (χ0v) is 11.7. The van der Waals surface area contributed by atoms with Crippen molar-refractivity contribution in [2.24, 2.45) is 0 Å². The van der Waals surface area contributed by atoms with Gasteiger partial charge in [-0.1, -0.05) is 0 Å². The number of rotatable bonds is 4. The number of nitrogens with two attached hydrogens (primary N) is 1. The first-order chi connectivity index (χ1) is 8.90. The van der Waals surface area contributed by atoms with Crippen molar-refractivity contribution >= 4 is 27.0 Å². The normalized spacial score (nSPS) is 11.7. The van der Waals surface area contributed by atoms with E-state index in [-0.39, 0.29) is 17.8 Å². The van der Waals surface area contributed by atoms with Gasteiger partial charge in [-0.2, -0.15) is 0 Å². The fourth-order valence-corrected chi connectivity index (χ4v) is 3.27. The van der Waals surface area contributed by atoms with Crippen LogP contribution >= 0.6 is 11.3 Å². The number of halogens is 1. The lowest BCUT2D eigenvalue weighted by Gasteiger charge is -2.09. The highest BCUT2D eigenvalue weighted by atomic mass is 32.2. The van der Waals surface area contributed by atoms with Gasteiger partial charge in [0.15, 0.2) is 0 Å². The largest absolute Gasteiger partial charge is 0.399 e. The summed E-state index contributed by atoms with van der Waals surface area (Å²) in [4.78, 5) is 3.50. The van der Waals surface area contributed by atoms with Gasteiger partial charge in [-0.05, 0) is 24.6 Å². The highest BCUT2D eigenvalue weighted by molar-refractivity contribution is 7.89. The Labute approximate surface area is 114 Å². The molecule has 2 aromatic rings. The van der Waals surface area contributed by atoms with E-state index >= 15 is 0 Å². The molecular weight excluding hydrogens is 289 g/mol. The molecule has 0 bridgehead atoms. The number of aromatic nitrogens is 1. The molecule has 102 valence electrons. The van der Waals surface area contributed by atoms with Crippen molar-refractivity contribution in [1.82, 2.24) is 9.71 Å². The first kappa shape index (κ1) is 13.9. The van der Waals surface area contributed by atoms with Crippen LogP contribution in [0.15, 0.2) is 27.9 Å². The van der Waals surface area contributed by atoms with Crippen LogP contribution in [-0.2, 0) is 16.6 Å². The van der Waals surface area contributed by atoms with Crippen molar-refractivity contribution in [2.75, 3.05) is 5.73 Å². The van der Waals surface area contributed by atoms with Crippen LogP contribution in [0.5, 0.6) is 0 Å². The zero-order chi connectivity index (χ0) is 14.0. The molecule has 19 heavy (non-hydrogen) atoms. The van der Waals surface area contributed by atoms with Gasteiger partial charge in [-0.3, -0.25) is 0 Å². The molecule has 0 aliphatic carbocycles. The van der Waals surface area contributed by atoms with Crippen molar-refractivity contribution in [3.05, 3.63) is 40.1 Å². The summed E-state index contributed by atoms with van der Waals surface area (Å²) in [6.45, 7) is 1.48. The molecule has 1 aromatic heterocycles. The van der Waals surface area contributed by atoms with Crippen LogP contribution in [0.3, 0.4) is 0 Å². The van der Waals surface area contributed by atoms with Crippen LogP contribution in [0.25, 0.3) is 0 Å². The molecule has 1 heterocycles. The third kappa shape index (κ3) is 3.09. The van der Waals surface area contributed by atoms with E-state index in [0.29, 0.717) is 5.69 Å². The maximum atomic E-state index is 13.9. The summed E-state index contributed by atoms with van der Waals surface area (Å²) in [5, 5.41) is 1.71. The first-order valence-electron chi connectivity index (χ1n) is 5.32. The second-order valence-corrected chi connectivity index (χ2v) is 6.41. The molecule has 0 fully saturated rings. The molecule has 3 N–H and O–H groups in total. The topological polar surface area (TPSA) is 85.1 Å². The van der Waals surface area contributed by atoms with Crippen molar-refractivity contribution in [3.63, 3.8) is 0 Å². The average Bonchev–Trinajstić information content (AvgIpc) is 2.84. The van der Waals surface area contributed by atoms with Gasteiger partial charge in [-0.15, -0.1) is 11.3 Å². The monoisotopic (exact) mass is 301 g/mol. The highest BCUT2D eigenvalue weighted by Gasteiger charge is 2.21. The molecule has 1 aromatic carbocycles. The number of sulfonamides is 1. The fourth-order valence-electron chi connectivity index (χ4n) is 1.53. The number of thiazole rings is 1. The summed E-state index contributed by atoms with van der Waals surface area (Å²) in [5.41, 5.74) is 8.11. The van der Waals surface area contributed by atoms with Gasteiger partial charge in [0.1, 0.15) is 10.7 Å². The summed E-state index contributed by atoms with van der Waals surface area (Å²) in [5.74, 6) is -0.792. The van der Waals surface area contributed by atoms with Crippen molar-refractivity contribution < 1.29 is 12.8 Å². The molecule has 8 heteroatoms. The van der Waals surface area contributed by atoms with Crippen LogP contribution in [0.4, 0.5) is 10.1 Å². The molecule has 0 saturated heterocycles. The van der Waals surface area contributed by atoms with Gasteiger partial charge < -0.3 is 5.73 Å². The van der Waals surface area contributed by atoms with Crippen molar-refractivity contribution in [1.29, 1.82) is 0 Å². The standard InChI is InChI=1S/C11H12FN3O2S2/c1-7-2-8(13)3-10(11(7)12)19(16,17)15-4-9-5-18-6-14-9/h2-3,5-6,15H,4,13H2,1H3. The van der Waals surface area contributed by atoms with Gasteiger partial charge in [0.05, 0.1) is 17.7 Å². The molecule has 0 aliphatic rings. The number of hydrogen-bond acceptors (Lipinski definition) is 5. The summed E-state index contributed by atoms with van der Waals surface area (Å²) < 4.78 is 40.2. The molecular formula is C11H12FN3O2S2. The lowest BCUT2D eigenvalue weighted by atomic mass is 10.2. The summed E-state index contributed by atoms with van der Waals surface area (Å²) in [7, 11) is -3.95. The maximum Gasteiger partial charge on any atom is 0.243 e. The Morgan fingerprint density at radius 1 is 1.47 bits per heavy atom. The number of nitrogens with one attached hydrogen (secondary N) is 1. The molecule has 0 aliphatic heterocycles. The fraction of sp³-hybridized carbons (Fsp3) is 0.182. The van der Waals surface area contributed by atoms with E-state index in [9.17, 15) is 12.8 Å². The molecule has 0 radical (unpaired) electrons. The van der Waals surface area contributed by atoms with Crippen LogP contribution in [0.1, 0.15) is 11.3 Å². The summed E-state index contributed by atoms with van der Waals surface area (Å²) >= 11 is 1.35. The Morgan fingerprint density at radius 3 is 2.84 bits per heavy atom. The van der Waals surface area contributed by atoms with Crippen molar-refractivity contribution in [3.8, 4) is 0 Å². The maximum absolute atomic E-state index is 13.9. The van der Waals surface area contributed by atoms with Gasteiger partial charge in [0, 0.05) is 11.1 Å². The van der Waals surface area contributed by atoms with Gasteiger partial charge in [0.25, 0.3) is 0 Å². The van der Waals surface area contributed by atoms with E-state index in [2.05, 4.69) is 9.71 Å². The molecule has 0 unspecified atom stereocenters. The van der Waals surface area contributed by atoms with E-state index in [1.54, 1.807) is 10.9 Å².